The van der Waals surface area contributed by atoms with E-state index in [0.717, 1.165) is 22.4 Å². The van der Waals surface area contributed by atoms with Gasteiger partial charge in [0.1, 0.15) is 29.9 Å². The van der Waals surface area contributed by atoms with Gasteiger partial charge in [-0.15, -0.1) is 11.8 Å². The molecular formula is C33H34O5S. The third-order valence-electron chi connectivity index (χ3n) is 7.23. The Labute approximate surface area is 234 Å². The van der Waals surface area contributed by atoms with Crippen LogP contribution in [0.5, 0.6) is 0 Å². The van der Waals surface area contributed by atoms with E-state index in [2.05, 4.69) is 61.5 Å². The maximum atomic E-state index is 6.68. The van der Waals surface area contributed by atoms with Crippen LogP contribution < -0.4 is 0 Å². The zero-order chi connectivity index (χ0) is 26.4. The highest BCUT2D eigenvalue weighted by Gasteiger charge is 2.51. The van der Waals surface area contributed by atoms with Crippen molar-refractivity contribution in [2.75, 3.05) is 12.4 Å². The van der Waals surface area contributed by atoms with Gasteiger partial charge in [0.2, 0.25) is 0 Å². The summed E-state index contributed by atoms with van der Waals surface area (Å²) in [7, 11) is 0. The minimum Gasteiger partial charge on any atom is -0.368 e. The summed E-state index contributed by atoms with van der Waals surface area (Å²) in [6.07, 6.45) is -1.70. The van der Waals surface area contributed by atoms with Gasteiger partial charge in [0.05, 0.1) is 19.8 Å². The van der Waals surface area contributed by atoms with Crippen LogP contribution in [0.3, 0.4) is 0 Å². The summed E-state index contributed by atoms with van der Waals surface area (Å²) in [5.41, 5.74) is 3.02. The average Bonchev–Trinajstić information content (AvgIpc) is 3.00. The lowest BCUT2D eigenvalue weighted by atomic mass is 9.98. The molecule has 6 heteroatoms. The van der Waals surface area contributed by atoms with Crippen molar-refractivity contribution in [2.45, 2.75) is 56.3 Å². The van der Waals surface area contributed by atoms with E-state index in [1.807, 2.05) is 48.5 Å². The van der Waals surface area contributed by atoms with Crippen LogP contribution in [-0.4, -0.2) is 42.2 Å². The molecule has 2 heterocycles. The van der Waals surface area contributed by atoms with E-state index in [4.69, 9.17) is 23.7 Å². The number of rotatable bonds is 9. The Morgan fingerprint density at radius 1 is 0.718 bits per heavy atom. The van der Waals surface area contributed by atoms with Gasteiger partial charge in [0.25, 0.3) is 0 Å². The molecule has 2 aliphatic heterocycles. The molecule has 0 saturated carbocycles. The van der Waals surface area contributed by atoms with Crippen molar-refractivity contribution in [1.82, 2.24) is 0 Å². The third-order valence-corrected chi connectivity index (χ3v) is 8.27. The summed E-state index contributed by atoms with van der Waals surface area (Å²) in [5.74, 6) is 0.900. The molecular weight excluding hydrogens is 508 g/mol. The number of hydrogen-bond donors (Lipinski definition) is 0. The van der Waals surface area contributed by atoms with Crippen LogP contribution in [0.4, 0.5) is 0 Å². The van der Waals surface area contributed by atoms with Gasteiger partial charge >= 0.3 is 0 Å². The fourth-order valence-corrected chi connectivity index (χ4v) is 6.25. The molecule has 0 spiro atoms. The molecule has 4 aromatic carbocycles. The van der Waals surface area contributed by atoms with Gasteiger partial charge < -0.3 is 23.7 Å². The molecule has 4 aromatic rings. The zero-order valence-electron chi connectivity index (χ0n) is 22.1. The first kappa shape index (κ1) is 26.5. The van der Waals surface area contributed by atoms with E-state index in [1.54, 1.807) is 11.8 Å². The van der Waals surface area contributed by atoms with E-state index in [0.29, 0.717) is 19.8 Å². The first-order valence-electron chi connectivity index (χ1n) is 13.6. The highest BCUT2D eigenvalue weighted by atomic mass is 32.2. The minimum absolute atomic E-state index is 0.196. The Kier molecular flexibility index (Phi) is 8.59. The third kappa shape index (κ3) is 6.22. The van der Waals surface area contributed by atoms with Gasteiger partial charge in [-0.1, -0.05) is 104 Å². The van der Waals surface area contributed by atoms with Crippen molar-refractivity contribution < 1.29 is 23.7 Å². The summed E-state index contributed by atoms with van der Waals surface area (Å²) in [6.45, 7) is 3.50. The van der Waals surface area contributed by atoms with E-state index in [-0.39, 0.29) is 29.9 Å². The van der Waals surface area contributed by atoms with Crippen molar-refractivity contribution in [3.8, 4) is 0 Å². The smallest absolute Gasteiger partial charge is 0.184 e. The molecule has 5 nitrogen and oxygen atoms in total. The Balaban J connectivity index is 1.27. The quantitative estimate of drug-likeness (QED) is 0.229. The summed E-state index contributed by atoms with van der Waals surface area (Å²) in [4.78, 5) is 0. The number of ether oxygens (including phenoxy) is 5. The topological polar surface area (TPSA) is 46.2 Å². The minimum atomic E-state index is -0.476. The molecule has 202 valence electrons. The van der Waals surface area contributed by atoms with Crippen LogP contribution in [0, 0.1) is 0 Å². The first-order valence-corrected chi connectivity index (χ1v) is 14.7. The predicted octanol–water partition coefficient (Wildman–Crippen LogP) is 6.90. The SMILES string of the molecule is CCS[C@@H]1O[C@@H]2COC(c3ccccc3)O[C@H]2[C@@H](OCc2ccccc2)[C@H]1OCc1ccc2ccccc2c1. The van der Waals surface area contributed by atoms with E-state index >= 15 is 0 Å². The molecule has 2 fully saturated rings. The van der Waals surface area contributed by atoms with Gasteiger partial charge in [-0.2, -0.15) is 0 Å². The molecule has 0 amide bonds. The van der Waals surface area contributed by atoms with Crippen molar-refractivity contribution in [3.05, 3.63) is 120 Å². The van der Waals surface area contributed by atoms with Gasteiger partial charge in [0.15, 0.2) is 6.29 Å². The number of fused-ring (bicyclic) bond motifs is 2. The Morgan fingerprint density at radius 2 is 1.41 bits per heavy atom. The Morgan fingerprint density at radius 3 is 2.21 bits per heavy atom. The van der Waals surface area contributed by atoms with E-state index in [9.17, 15) is 0 Å². The molecule has 6 rings (SSSR count). The van der Waals surface area contributed by atoms with Gasteiger partial charge in [-0.3, -0.25) is 0 Å². The second kappa shape index (κ2) is 12.6. The molecule has 0 aliphatic carbocycles. The molecule has 0 bridgehead atoms. The number of benzene rings is 4. The molecule has 0 radical (unpaired) electrons. The largest absolute Gasteiger partial charge is 0.368 e. The van der Waals surface area contributed by atoms with Gasteiger partial charge in [0, 0.05) is 5.56 Å². The maximum Gasteiger partial charge on any atom is 0.184 e. The number of thioether (sulfide) groups is 1. The maximum absolute atomic E-state index is 6.68. The molecule has 6 atom stereocenters. The zero-order valence-corrected chi connectivity index (χ0v) is 22.9. The lowest BCUT2D eigenvalue weighted by Gasteiger charge is -2.49. The summed E-state index contributed by atoms with van der Waals surface area (Å²) in [5, 5.41) is 2.42. The van der Waals surface area contributed by atoms with Crippen molar-refractivity contribution >= 4 is 22.5 Å². The molecule has 1 unspecified atom stereocenters. The molecule has 0 N–H and O–H groups in total. The summed E-state index contributed by atoms with van der Waals surface area (Å²) >= 11 is 1.74. The second-order valence-electron chi connectivity index (χ2n) is 9.89. The van der Waals surface area contributed by atoms with Crippen molar-refractivity contribution in [1.29, 1.82) is 0 Å². The van der Waals surface area contributed by atoms with Crippen molar-refractivity contribution in [3.63, 3.8) is 0 Å². The lowest BCUT2D eigenvalue weighted by Crippen LogP contribution is -2.62. The average molecular weight is 543 g/mol. The van der Waals surface area contributed by atoms with Crippen LogP contribution in [0.2, 0.25) is 0 Å². The molecule has 2 aliphatic rings. The standard InChI is InChI=1S/C33H34O5S/c1-2-39-33-31(35-21-24-17-18-25-13-9-10-16-27(25)19-24)30(34-20-23-11-5-3-6-12-23)29-28(37-33)22-36-32(38-29)26-14-7-4-8-15-26/h3-19,28-33H,2,20-22H2,1H3/t28-,29-,30-,31-,32?,33+/m1/s1. The van der Waals surface area contributed by atoms with Crippen LogP contribution in [0.15, 0.2) is 103 Å². The lowest BCUT2D eigenvalue weighted by molar-refractivity contribution is -0.329. The Hall–Kier alpha value is -2.71. The van der Waals surface area contributed by atoms with Crippen LogP contribution in [0.1, 0.15) is 29.9 Å². The summed E-state index contributed by atoms with van der Waals surface area (Å²) in [6, 6.07) is 35.1. The van der Waals surface area contributed by atoms with E-state index < -0.39 is 6.29 Å². The molecule has 39 heavy (non-hydrogen) atoms. The molecule has 2 saturated heterocycles. The van der Waals surface area contributed by atoms with Crippen LogP contribution in [-0.2, 0) is 36.9 Å². The monoisotopic (exact) mass is 542 g/mol. The van der Waals surface area contributed by atoms with Gasteiger partial charge in [-0.05, 0) is 33.7 Å². The number of hydrogen-bond acceptors (Lipinski definition) is 6. The molecule has 0 aromatic heterocycles. The van der Waals surface area contributed by atoms with Crippen LogP contribution in [0.25, 0.3) is 10.8 Å². The highest BCUT2D eigenvalue weighted by Crippen LogP contribution is 2.39. The van der Waals surface area contributed by atoms with E-state index in [1.165, 1.54) is 10.8 Å². The Bertz CT molecular complexity index is 1330. The predicted molar refractivity (Wildman–Crippen MR) is 154 cm³/mol. The summed E-state index contributed by atoms with van der Waals surface area (Å²) < 4.78 is 32.6. The van der Waals surface area contributed by atoms with Crippen LogP contribution >= 0.6 is 11.8 Å². The highest BCUT2D eigenvalue weighted by molar-refractivity contribution is 7.99. The second-order valence-corrected chi connectivity index (χ2v) is 11.3. The fraction of sp³-hybridized carbons (Fsp3) is 0.333. The first-order chi connectivity index (χ1) is 19.3. The van der Waals surface area contributed by atoms with Gasteiger partial charge in [-0.25, -0.2) is 0 Å². The fourth-order valence-electron chi connectivity index (χ4n) is 5.28. The normalized spacial score (nSPS) is 26.8. The van der Waals surface area contributed by atoms with Crippen molar-refractivity contribution in [2.24, 2.45) is 0 Å².